The highest BCUT2D eigenvalue weighted by atomic mass is 16.5. The largest absolute Gasteiger partial charge is 0.478 e. The Labute approximate surface area is 146 Å². The lowest BCUT2D eigenvalue weighted by Crippen LogP contribution is -2.24. The molecular formula is C18H22N4O3. The number of carbonyl (C=O) groups excluding carboxylic acids is 1. The van der Waals surface area contributed by atoms with Crippen molar-refractivity contribution in [1.29, 1.82) is 0 Å². The van der Waals surface area contributed by atoms with Gasteiger partial charge in [-0.3, -0.25) is 4.79 Å². The summed E-state index contributed by atoms with van der Waals surface area (Å²) in [6.45, 7) is 4.48. The maximum atomic E-state index is 12.4. The second-order valence-electron chi connectivity index (χ2n) is 6.65. The highest BCUT2D eigenvalue weighted by Gasteiger charge is 2.23. The normalized spacial score (nSPS) is 16.0. The van der Waals surface area contributed by atoms with Gasteiger partial charge in [-0.05, 0) is 31.2 Å². The van der Waals surface area contributed by atoms with Gasteiger partial charge in [-0.15, -0.1) is 0 Å². The minimum absolute atomic E-state index is 0.197. The van der Waals surface area contributed by atoms with Gasteiger partial charge in [0.15, 0.2) is 5.69 Å². The fourth-order valence-electron chi connectivity index (χ4n) is 2.82. The van der Waals surface area contributed by atoms with E-state index in [1.54, 1.807) is 10.9 Å². The van der Waals surface area contributed by atoms with Gasteiger partial charge in [0.1, 0.15) is 0 Å². The van der Waals surface area contributed by atoms with Crippen molar-refractivity contribution in [1.82, 2.24) is 20.1 Å². The van der Waals surface area contributed by atoms with Gasteiger partial charge in [0.2, 0.25) is 11.8 Å². The molecule has 0 spiro atoms. The van der Waals surface area contributed by atoms with Crippen LogP contribution in [0.2, 0.25) is 0 Å². The number of pyridine rings is 1. The van der Waals surface area contributed by atoms with Crippen molar-refractivity contribution in [2.75, 3.05) is 13.2 Å². The first kappa shape index (κ1) is 15.9. The number of fused-ring (bicyclic) bond motifs is 1. The van der Waals surface area contributed by atoms with E-state index in [-0.39, 0.29) is 5.91 Å². The molecule has 0 saturated heterocycles. The molecule has 0 aromatic carbocycles. The van der Waals surface area contributed by atoms with Gasteiger partial charge in [-0.25, -0.2) is 9.67 Å². The highest BCUT2D eigenvalue weighted by molar-refractivity contribution is 5.94. The average molecular weight is 342 g/mol. The molecule has 1 amide bonds. The first-order chi connectivity index (χ1) is 12.2. The fourth-order valence-corrected chi connectivity index (χ4v) is 2.82. The van der Waals surface area contributed by atoms with E-state index in [0.717, 1.165) is 30.7 Å². The number of hydrogen-bond donors (Lipinski definition) is 1. The quantitative estimate of drug-likeness (QED) is 0.870. The Bertz CT molecular complexity index is 765. The summed E-state index contributed by atoms with van der Waals surface area (Å²) in [5, 5.41) is 7.26. The predicted molar refractivity (Wildman–Crippen MR) is 90.7 cm³/mol. The number of hydrogen-bond acceptors (Lipinski definition) is 5. The zero-order valence-electron chi connectivity index (χ0n) is 14.3. The molecule has 132 valence electrons. The molecule has 7 nitrogen and oxygen atoms in total. The van der Waals surface area contributed by atoms with E-state index in [9.17, 15) is 4.79 Å². The van der Waals surface area contributed by atoms with E-state index in [4.69, 9.17) is 9.47 Å². The minimum atomic E-state index is -0.197. The van der Waals surface area contributed by atoms with Gasteiger partial charge >= 0.3 is 0 Å². The number of amides is 1. The molecule has 2 aliphatic rings. The van der Waals surface area contributed by atoms with Gasteiger partial charge in [0.25, 0.3) is 5.91 Å². The summed E-state index contributed by atoms with van der Waals surface area (Å²) < 4.78 is 13.0. The minimum Gasteiger partial charge on any atom is -0.478 e. The second kappa shape index (κ2) is 6.74. The van der Waals surface area contributed by atoms with Gasteiger partial charge in [-0.2, -0.15) is 5.10 Å². The molecule has 1 aliphatic heterocycles. The SMILES string of the molecule is Cc1c(C(=O)NCc2ccc(OCC3CC3)nc2)nn2c1OCCC2. The number of nitrogens with zero attached hydrogens (tertiary/aromatic N) is 3. The Morgan fingerprint density at radius 2 is 2.32 bits per heavy atom. The monoisotopic (exact) mass is 342 g/mol. The molecule has 2 aromatic rings. The van der Waals surface area contributed by atoms with Gasteiger partial charge in [-0.1, -0.05) is 6.07 Å². The molecule has 1 N–H and O–H groups in total. The van der Waals surface area contributed by atoms with E-state index < -0.39 is 0 Å². The molecule has 1 aliphatic carbocycles. The van der Waals surface area contributed by atoms with E-state index in [2.05, 4.69) is 15.4 Å². The van der Waals surface area contributed by atoms with E-state index in [0.29, 0.717) is 36.5 Å². The molecule has 25 heavy (non-hydrogen) atoms. The number of aromatic nitrogens is 3. The summed E-state index contributed by atoms with van der Waals surface area (Å²) >= 11 is 0. The van der Waals surface area contributed by atoms with Crippen molar-refractivity contribution in [2.45, 2.75) is 39.3 Å². The Kier molecular flexibility index (Phi) is 4.29. The second-order valence-corrected chi connectivity index (χ2v) is 6.65. The van der Waals surface area contributed by atoms with Crippen molar-refractivity contribution in [3.63, 3.8) is 0 Å². The summed E-state index contributed by atoms with van der Waals surface area (Å²) in [5.41, 5.74) is 2.14. The Balaban J connectivity index is 1.34. The Hall–Kier alpha value is -2.57. The maximum Gasteiger partial charge on any atom is 0.272 e. The Morgan fingerprint density at radius 3 is 3.04 bits per heavy atom. The zero-order chi connectivity index (χ0) is 17.2. The summed E-state index contributed by atoms with van der Waals surface area (Å²) in [4.78, 5) is 16.7. The summed E-state index contributed by atoms with van der Waals surface area (Å²) in [6.07, 6.45) is 5.16. The number of nitrogens with one attached hydrogen (secondary N) is 1. The molecule has 1 saturated carbocycles. The smallest absolute Gasteiger partial charge is 0.272 e. The van der Waals surface area contributed by atoms with Crippen molar-refractivity contribution in [3.05, 3.63) is 35.2 Å². The van der Waals surface area contributed by atoms with Gasteiger partial charge in [0.05, 0.1) is 13.2 Å². The summed E-state index contributed by atoms with van der Waals surface area (Å²) in [5.74, 6) is 1.85. The van der Waals surface area contributed by atoms with Crippen LogP contribution in [0.15, 0.2) is 18.3 Å². The predicted octanol–water partition coefficient (Wildman–Crippen LogP) is 2.09. The standard InChI is InChI=1S/C18H22N4O3/c1-12-16(21-22-7-2-8-24-18(12)22)17(23)20-10-14-5-6-15(19-9-14)25-11-13-3-4-13/h5-6,9,13H,2-4,7-8,10-11H2,1H3,(H,20,23). The van der Waals surface area contributed by atoms with Crippen LogP contribution in [0.1, 0.15) is 40.9 Å². The topological polar surface area (TPSA) is 78.3 Å². The van der Waals surface area contributed by atoms with E-state index in [1.807, 2.05) is 19.1 Å². The van der Waals surface area contributed by atoms with Gasteiger partial charge < -0.3 is 14.8 Å². The van der Waals surface area contributed by atoms with Crippen LogP contribution in [-0.2, 0) is 13.1 Å². The molecule has 0 atom stereocenters. The maximum absolute atomic E-state index is 12.4. The third kappa shape index (κ3) is 3.60. The number of aryl methyl sites for hydroxylation is 1. The van der Waals surface area contributed by atoms with Crippen LogP contribution in [0.3, 0.4) is 0 Å². The van der Waals surface area contributed by atoms with Gasteiger partial charge in [0, 0.05) is 37.3 Å². The van der Waals surface area contributed by atoms with Crippen LogP contribution >= 0.6 is 0 Å². The molecule has 0 bridgehead atoms. The molecule has 2 aromatic heterocycles. The van der Waals surface area contributed by atoms with Crippen LogP contribution < -0.4 is 14.8 Å². The van der Waals surface area contributed by atoms with Crippen LogP contribution in [0.5, 0.6) is 11.8 Å². The van der Waals surface area contributed by atoms with Crippen LogP contribution in [0, 0.1) is 12.8 Å². The van der Waals surface area contributed by atoms with Crippen molar-refractivity contribution in [2.24, 2.45) is 5.92 Å². The molecule has 7 heteroatoms. The summed E-state index contributed by atoms with van der Waals surface area (Å²) in [6, 6.07) is 3.77. The number of rotatable bonds is 6. The van der Waals surface area contributed by atoms with Crippen molar-refractivity contribution in [3.8, 4) is 11.8 Å². The van der Waals surface area contributed by atoms with Crippen molar-refractivity contribution < 1.29 is 14.3 Å². The molecule has 1 fully saturated rings. The van der Waals surface area contributed by atoms with Crippen LogP contribution in [-0.4, -0.2) is 33.9 Å². The lowest BCUT2D eigenvalue weighted by Gasteiger charge is -2.14. The van der Waals surface area contributed by atoms with E-state index in [1.165, 1.54) is 12.8 Å². The molecule has 0 unspecified atom stereocenters. The average Bonchev–Trinajstić information content (AvgIpc) is 3.42. The lowest BCUT2D eigenvalue weighted by molar-refractivity contribution is 0.0944. The first-order valence-corrected chi connectivity index (χ1v) is 8.77. The molecular weight excluding hydrogens is 320 g/mol. The zero-order valence-corrected chi connectivity index (χ0v) is 14.3. The number of carbonyl (C=O) groups is 1. The number of ether oxygens (including phenoxy) is 2. The van der Waals surface area contributed by atoms with Crippen LogP contribution in [0.4, 0.5) is 0 Å². The van der Waals surface area contributed by atoms with Crippen LogP contribution in [0.25, 0.3) is 0 Å². The van der Waals surface area contributed by atoms with E-state index >= 15 is 0 Å². The lowest BCUT2D eigenvalue weighted by atomic mass is 10.2. The molecule has 4 rings (SSSR count). The summed E-state index contributed by atoms with van der Waals surface area (Å²) in [7, 11) is 0. The Morgan fingerprint density at radius 1 is 1.44 bits per heavy atom. The fraction of sp³-hybridized carbons (Fsp3) is 0.500. The molecule has 0 radical (unpaired) electrons. The third-order valence-corrected chi connectivity index (χ3v) is 4.51. The third-order valence-electron chi connectivity index (χ3n) is 4.51. The highest BCUT2D eigenvalue weighted by Crippen LogP contribution is 2.29. The molecule has 3 heterocycles. The first-order valence-electron chi connectivity index (χ1n) is 8.77. The van der Waals surface area contributed by atoms with Crippen molar-refractivity contribution >= 4 is 5.91 Å².